The Morgan fingerprint density at radius 2 is 2.50 bits per heavy atom. The Balaban J connectivity index is 2.84. The predicted octanol–water partition coefficient (Wildman–Crippen LogP) is 0.817. The van der Waals surface area contributed by atoms with Crippen LogP contribution >= 0.6 is 0 Å². The zero-order chi connectivity index (χ0) is 10.6. The van der Waals surface area contributed by atoms with Gasteiger partial charge in [-0.2, -0.15) is 0 Å². The van der Waals surface area contributed by atoms with Gasteiger partial charge in [0.2, 0.25) is 0 Å². The Morgan fingerprint density at radius 3 is 3.07 bits per heavy atom. The highest BCUT2D eigenvalue weighted by Crippen LogP contribution is 2.16. The van der Waals surface area contributed by atoms with E-state index in [-0.39, 0.29) is 12.2 Å². The molecule has 4 nitrogen and oxygen atoms in total. The first-order chi connectivity index (χ1) is 6.66. The summed E-state index contributed by atoms with van der Waals surface area (Å²) < 4.78 is 17.5. The molecule has 76 valence electrons. The normalized spacial score (nSPS) is 12.2. The van der Waals surface area contributed by atoms with Crippen molar-refractivity contribution in [1.82, 2.24) is 4.98 Å². The summed E-state index contributed by atoms with van der Waals surface area (Å²) in [7, 11) is 0. The first-order valence-electron chi connectivity index (χ1n) is 4.11. The molecule has 1 aromatic heterocycles. The van der Waals surface area contributed by atoms with Crippen LogP contribution in [0, 0.1) is 5.82 Å². The van der Waals surface area contributed by atoms with E-state index in [0.29, 0.717) is 0 Å². The quantitative estimate of drug-likeness (QED) is 0.732. The van der Waals surface area contributed by atoms with Crippen molar-refractivity contribution in [2.75, 3.05) is 6.61 Å². The van der Waals surface area contributed by atoms with Gasteiger partial charge in [0.1, 0.15) is 5.82 Å². The molecule has 0 spiro atoms. The van der Waals surface area contributed by atoms with Gasteiger partial charge in [-0.1, -0.05) is 0 Å². The minimum atomic E-state index is -1.59. The number of aliphatic hydroxyl groups is 1. The molecule has 0 aliphatic heterocycles. The van der Waals surface area contributed by atoms with E-state index in [1.54, 1.807) is 6.92 Å². The highest BCUT2D eigenvalue weighted by Gasteiger charge is 2.21. The lowest BCUT2D eigenvalue weighted by Crippen LogP contribution is -2.16. The van der Waals surface area contributed by atoms with Crippen molar-refractivity contribution in [3.05, 3.63) is 29.8 Å². The van der Waals surface area contributed by atoms with Crippen LogP contribution in [0.25, 0.3) is 0 Å². The van der Waals surface area contributed by atoms with Crippen LogP contribution in [0.2, 0.25) is 0 Å². The van der Waals surface area contributed by atoms with E-state index in [0.717, 1.165) is 6.20 Å². The van der Waals surface area contributed by atoms with Crippen molar-refractivity contribution in [2.45, 2.75) is 13.0 Å². The fourth-order valence-corrected chi connectivity index (χ4v) is 0.956. The number of aromatic nitrogens is 1. The van der Waals surface area contributed by atoms with Gasteiger partial charge in [0, 0.05) is 11.8 Å². The second-order valence-electron chi connectivity index (χ2n) is 2.55. The average molecular weight is 199 g/mol. The molecule has 0 saturated heterocycles. The number of halogens is 1. The molecule has 1 aromatic rings. The summed E-state index contributed by atoms with van der Waals surface area (Å²) in [6.45, 7) is 1.75. The standard InChI is InChI=1S/C9H10FNO3/c1-2-14-9(13)8(12)6-3-4-11-5-7(6)10/h3-5,8,12H,2H2,1H3. The summed E-state index contributed by atoms with van der Waals surface area (Å²) >= 11 is 0. The van der Waals surface area contributed by atoms with Gasteiger partial charge in [-0.15, -0.1) is 0 Å². The zero-order valence-corrected chi connectivity index (χ0v) is 7.61. The fraction of sp³-hybridized carbons (Fsp3) is 0.333. The number of rotatable bonds is 3. The largest absolute Gasteiger partial charge is 0.464 e. The topological polar surface area (TPSA) is 59.4 Å². The van der Waals surface area contributed by atoms with Crippen LogP contribution in [-0.2, 0) is 9.53 Å². The van der Waals surface area contributed by atoms with E-state index >= 15 is 0 Å². The molecule has 0 amide bonds. The third kappa shape index (κ3) is 2.26. The van der Waals surface area contributed by atoms with Crippen LogP contribution in [-0.4, -0.2) is 22.7 Å². The predicted molar refractivity (Wildman–Crippen MR) is 45.8 cm³/mol. The average Bonchev–Trinajstić information content (AvgIpc) is 2.18. The first kappa shape index (κ1) is 10.6. The number of aliphatic hydroxyl groups excluding tert-OH is 1. The summed E-state index contributed by atoms with van der Waals surface area (Å²) in [5.41, 5.74) is -0.126. The van der Waals surface area contributed by atoms with Crippen molar-refractivity contribution in [3.63, 3.8) is 0 Å². The maximum atomic E-state index is 13.0. The third-order valence-corrected chi connectivity index (χ3v) is 1.61. The highest BCUT2D eigenvalue weighted by molar-refractivity contribution is 5.76. The molecule has 1 heterocycles. The lowest BCUT2D eigenvalue weighted by molar-refractivity contribution is -0.153. The summed E-state index contributed by atoms with van der Waals surface area (Å²) in [6.07, 6.45) is 0.636. The van der Waals surface area contributed by atoms with Crippen molar-refractivity contribution in [3.8, 4) is 0 Å². The number of hydrogen-bond acceptors (Lipinski definition) is 4. The Kier molecular flexibility index (Phi) is 3.53. The van der Waals surface area contributed by atoms with E-state index < -0.39 is 17.9 Å². The van der Waals surface area contributed by atoms with Crippen LogP contribution in [0.5, 0.6) is 0 Å². The van der Waals surface area contributed by atoms with Crippen molar-refractivity contribution in [1.29, 1.82) is 0 Å². The van der Waals surface area contributed by atoms with Gasteiger partial charge >= 0.3 is 5.97 Å². The Hall–Kier alpha value is -1.49. The van der Waals surface area contributed by atoms with E-state index in [9.17, 15) is 14.3 Å². The number of carbonyl (C=O) groups is 1. The van der Waals surface area contributed by atoms with Crippen LogP contribution in [0.3, 0.4) is 0 Å². The molecular weight excluding hydrogens is 189 g/mol. The Morgan fingerprint density at radius 1 is 1.79 bits per heavy atom. The molecule has 1 unspecified atom stereocenters. The minimum Gasteiger partial charge on any atom is -0.464 e. The molecule has 0 bridgehead atoms. The van der Waals surface area contributed by atoms with E-state index in [1.807, 2.05) is 0 Å². The van der Waals surface area contributed by atoms with E-state index in [2.05, 4.69) is 9.72 Å². The molecule has 0 aliphatic carbocycles. The molecule has 1 N–H and O–H groups in total. The molecule has 0 radical (unpaired) electrons. The number of carbonyl (C=O) groups excluding carboxylic acids is 1. The number of ether oxygens (including phenoxy) is 1. The number of pyridine rings is 1. The molecule has 0 aromatic carbocycles. The Labute approximate surface area is 80.3 Å². The van der Waals surface area contributed by atoms with Gasteiger partial charge in [0.25, 0.3) is 0 Å². The van der Waals surface area contributed by atoms with Gasteiger partial charge in [-0.25, -0.2) is 9.18 Å². The summed E-state index contributed by atoms with van der Waals surface area (Å²) in [5, 5.41) is 9.36. The smallest absolute Gasteiger partial charge is 0.339 e. The molecule has 5 heteroatoms. The maximum Gasteiger partial charge on any atom is 0.339 e. The monoisotopic (exact) mass is 199 g/mol. The van der Waals surface area contributed by atoms with Crippen molar-refractivity contribution < 1.29 is 19.0 Å². The number of nitrogens with zero attached hydrogens (tertiary/aromatic N) is 1. The minimum absolute atomic E-state index is 0.126. The second-order valence-corrected chi connectivity index (χ2v) is 2.55. The lowest BCUT2D eigenvalue weighted by Gasteiger charge is -2.09. The summed E-state index contributed by atoms with van der Waals surface area (Å²) in [4.78, 5) is 14.5. The molecule has 14 heavy (non-hydrogen) atoms. The summed E-state index contributed by atoms with van der Waals surface area (Å²) in [5.74, 6) is -1.59. The van der Waals surface area contributed by atoms with Crippen molar-refractivity contribution in [2.24, 2.45) is 0 Å². The van der Waals surface area contributed by atoms with Crippen LogP contribution in [0.1, 0.15) is 18.6 Å². The maximum absolute atomic E-state index is 13.0. The molecule has 0 fully saturated rings. The molecule has 0 saturated carbocycles. The van der Waals surface area contributed by atoms with Crippen molar-refractivity contribution >= 4 is 5.97 Å². The zero-order valence-electron chi connectivity index (χ0n) is 7.61. The lowest BCUT2D eigenvalue weighted by atomic mass is 10.1. The van der Waals surface area contributed by atoms with E-state index in [4.69, 9.17) is 0 Å². The van der Waals surface area contributed by atoms with Gasteiger partial charge < -0.3 is 9.84 Å². The Bertz CT molecular complexity index is 330. The number of esters is 1. The highest BCUT2D eigenvalue weighted by atomic mass is 19.1. The molecule has 1 rings (SSSR count). The first-order valence-corrected chi connectivity index (χ1v) is 4.11. The van der Waals surface area contributed by atoms with Gasteiger partial charge in [0.15, 0.2) is 6.10 Å². The molecule has 0 aliphatic rings. The second kappa shape index (κ2) is 4.66. The van der Waals surface area contributed by atoms with Crippen LogP contribution in [0.15, 0.2) is 18.5 Å². The van der Waals surface area contributed by atoms with Gasteiger partial charge in [-0.05, 0) is 13.0 Å². The molecule has 1 atom stereocenters. The third-order valence-electron chi connectivity index (χ3n) is 1.61. The van der Waals surface area contributed by atoms with Gasteiger partial charge in [0.05, 0.1) is 12.8 Å². The van der Waals surface area contributed by atoms with Gasteiger partial charge in [-0.3, -0.25) is 4.98 Å². The van der Waals surface area contributed by atoms with Crippen LogP contribution in [0.4, 0.5) is 4.39 Å². The number of hydrogen-bond donors (Lipinski definition) is 1. The summed E-state index contributed by atoms with van der Waals surface area (Å²) in [6, 6.07) is 1.23. The van der Waals surface area contributed by atoms with E-state index in [1.165, 1.54) is 12.3 Å². The fourth-order valence-electron chi connectivity index (χ4n) is 0.956. The van der Waals surface area contributed by atoms with Crippen LogP contribution < -0.4 is 0 Å². The molecular formula is C9H10FNO3. The SMILES string of the molecule is CCOC(=O)C(O)c1ccncc1F.